The summed E-state index contributed by atoms with van der Waals surface area (Å²) in [6.45, 7) is 1.63. The molecule has 0 rings (SSSR count). The van der Waals surface area contributed by atoms with Crippen molar-refractivity contribution in [3.8, 4) is 0 Å². The Labute approximate surface area is 53.5 Å². The van der Waals surface area contributed by atoms with Gasteiger partial charge in [0.2, 0.25) is 0 Å². The summed E-state index contributed by atoms with van der Waals surface area (Å²) in [5, 5.41) is 0. The predicted octanol–water partition coefficient (Wildman–Crippen LogP) is 0.0250. The van der Waals surface area contributed by atoms with Gasteiger partial charge in [0.25, 0.3) is 0 Å². The van der Waals surface area contributed by atoms with E-state index in [9.17, 15) is 4.57 Å². The zero-order valence-electron chi connectivity index (χ0n) is 5.06. The highest BCUT2D eigenvalue weighted by atomic mass is 31.2. The van der Waals surface area contributed by atoms with Gasteiger partial charge in [0.1, 0.15) is 0 Å². The van der Waals surface area contributed by atoms with Crippen LogP contribution in [-0.2, 0) is 4.57 Å². The molecule has 54 valence electrons. The van der Waals surface area contributed by atoms with Gasteiger partial charge < -0.3 is 15.5 Å². The third kappa shape index (κ3) is 7.85. The van der Waals surface area contributed by atoms with Crippen molar-refractivity contribution >= 4 is 7.60 Å². The van der Waals surface area contributed by atoms with Crippen LogP contribution in [0.15, 0.2) is 11.9 Å². The Morgan fingerprint density at radius 3 is 2.22 bits per heavy atom. The summed E-state index contributed by atoms with van der Waals surface area (Å²) < 4.78 is 10.1. The molecule has 0 aromatic carbocycles. The van der Waals surface area contributed by atoms with E-state index in [0.717, 1.165) is 5.82 Å². The van der Waals surface area contributed by atoms with E-state index in [1.54, 1.807) is 6.92 Å². The molecule has 0 radical (unpaired) electrons. The van der Waals surface area contributed by atoms with E-state index in [1.165, 1.54) is 6.08 Å². The molecule has 0 saturated carbocycles. The van der Waals surface area contributed by atoms with E-state index >= 15 is 0 Å². The first-order chi connectivity index (χ1) is 3.92. The lowest BCUT2D eigenvalue weighted by Gasteiger charge is -1.95. The van der Waals surface area contributed by atoms with Gasteiger partial charge in [-0.05, 0) is 6.92 Å². The highest BCUT2D eigenvalue weighted by Crippen LogP contribution is 2.35. The molecule has 0 fully saturated rings. The molecule has 4 nitrogen and oxygen atoms in total. The number of nitrogens with two attached hydrogens (primary N) is 1. The van der Waals surface area contributed by atoms with Crippen LogP contribution >= 0.6 is 7.60 Å². The summed E-state index contributed by atoms with van der Waals surface area (Å²) in [6, 6.07) is -0.308. The summed E-state index contributed by atoms with van der Waals surface area (Å²) in [7, 11) is -3.98. The van der Waals surface area contributed by atoms with Gasteiger partial charge in [-0.1, -0.05) is 6.08 Å². The first kappa shape index (κ1) is 8.85. The van der Waals surface area contributed by atoms with Gasteiger partial charge >= 0.3 is 7.60 Å². The van der Waals surface area contributed by atoms with Gasteiger partial charge in [0.05, 0.1) is 0 Å². The smallest absolute Gasteiger partial charge is 0.325 e. The molecular formula is C4H10NO3P. The lowest BCUT2D eigenvalue weighted by Crippen LogP contribution is -2.09. The molecule has 0 spiro atoms. The summed E-state index contributed by atoms with van der Waals surface area (Å²) in [6.07, 6.45) is 1.26. The van der Waals surface area contributed by atoms with Crippen LogP contribution in [0.2, 0.25) is 0 Å². The first-order valence-electron chi connectivity index (χ1n) is 2.42. The molecular weight excluding hydrogens is 141 g/mol. The molecule has 0 bridgehead atoms. The van der Waals surface area contributed by atoms with Crippen LogP contribution in [0, 0.1) is 0 Å². The highest BCUT2D eigenvalue weighted by Gasteiger charge is 2.04. The van der Waals surface area contributed by atoms with Crippen LogP contribution in [0.3, 0.4) is 0 Å². The molecule has 5 heteroatoms. The third-order valence-electron chi connectivity index (χ3n) is 0.584. The standard InChI is InChI=1S/C4H10NO3P/c1-4(5)2-3-9(6,7)8/h2-4H,5H2,1H3,(H2,6,7,8)/b3-2+. The SMILES string of the molecule is CC(N)/C=C/P(=O)(O)O. The van der Waals surface area contributed by atoms with Crippen molar-refractivity contribution in [2.24, 2.45) is 5.73 Å². The van der Waals surface area contributed by atoms with Crippen molar-refractivity contribution in [2.75, 3.05) is 0 Å². The third-order valence-corrected chi connectivity index (χ3v) is 1.14. The Hall–Kier alpha value is -0.150. The summed E-state index contributed by atoms with van der Waals surface area (Å²) in [4.78, 5) is 16.5. The molecule has 4 N–H and O–H groups in total. The number of rotatable bonds is 2. The second-order valence-corrected chi connectivity index (χ2v) is 3.27. The van der Waals surface area contributed by atoms with E-state index in [1.807, 2.05) is 0 Å². The fourth-order valence-electron chi connectivity index (χ4n) is 0.248. The van der Waals surface area contributed by atoms with Gasteiger partial charge in [-0.3, -0.25) is 4.57 Å². The number of hydrogen-bond donors (Lipinski definition) is 3. The monoisotopic (exact) mass is 151 g/mol. The Bertz CT molecular complexity index is 148. The normalized spacial score (nSPS) is 16.4. The van der Waals surface area contributed by atoms with Gasteiger partial charge in [0, 0.05) is 11.9 Å². The van der Waals surface area contributed by atoms with Crippen LogP contribution < -0.4 is 5.73 Å². The Morgan fingerprint density at radius 1 is 1.67 bits per heavy atom. The fraction of sp³-hybridized carbons (Fsp3) is 0.500. The molecule has 0 heterocycles. The number of hydrogen-bond acceptors (Lipinski definition) is 2. The van der Waals surface area contributed by atoms with Gasteiger partial charge in [-0.2, -0.15) is 0 Å². The molecule has 9 heavy (non-hydrogen) atoms. The van der Waals surface area contributed by atoms with E-state index < -0.39 is 7.60 Å². The maximum absolute atomic E-state index is 10.1. The van der Waals surface area contributed by atoms with Gasteiger partial charge in [0.15, 0.2) is 0 Å². The van der Waals surface area contributed by atoms with Gasteiger partial charge in [-0.15, -0.1) is 0 Å². The maximum atomic E-state index is 10.1. The fourth-order valence-corrected chi connectivity index (χ4v) is 0.744. The molecule has 0 aromatic rings. The van der Waals surface area contributed by atoms with Crippen molar-refractivity contribution in [3.63, 3.8) is 0 Å². The van der Waals surface area contributed by atoms with E-state index in [2.05, 4.69) is 0 Å². The van der Waals surface area contributed by atoms with Crippen molar-refractivity contribution in [3.05, 3.63) is 11.9 Å². The molecule has 1 unspecified atom stereocenters. The summed E-state index contributed by atoms with van der Waals surface area (Å²) in [5.41, 5.74) is 5.17. The van der Waals surface area contributed by atoms with Crippen molar-refractivity contribution in [2.45, 2.75) is 13.0 Å². The predicted molar refractivity (Wildman–Crippen MR) is 34.8 cm³/mol. The minimum Gasteiger partial charge on any atom is -0.325 e. The zero-order valence-corrected chi connectivity index (χ0v) is 5.95. The minimum atomic E-state index is -3.98. The molecule has 1 atom stereocenters. The van der Waals surface area contributed by atoms with Crippen LogP contribution in [0.4, 0.5) is 0 Å². The highest BCUT2D eigenvalue weighted by molar-refractivity contribution is 7.55. The first-order valence-corrected chi connectivity index (χ1v) is 4.10. The average molecular weight is 151 g/mol. The molecule has 0 aliphatic heterocycles. The maximum Gasteiger partial charge on any atom is 0.348 e. The molecule has 0 aliphatic carbocycles. The van der Waals surface area contributed by atoms with E-state index in [4.69, 9.17) is 15.5 Å². The lowest BCUT2D eigenvalue weighted by atomic mass is 10.4. The Morgan fingerprint density at radius 2 is 2.11 bits per heavy atom. The molecule has 0 amide bonds. The lowest BCUT2D eigenvalue weighted by molar-refractivity contribution is 0.386. The topological polar surface area (TPSA) is 83.6 Å². The van der Waals surface area contributed by atoms with Crippen LogP contribution in [0.1, 0.15) is 6.92 Å². The zero-order chi connectivity index (χ0) is 7.49. The van der Waals surface area contributed by atoms with Crippen LogP contribution in [0.25, 0.3) is 0 Å². The second-order valence-electron chi connectivity index (χ2n) is 1.79. The quantitative estimate of drug-likeness (QED) is 0.486. The summed E-state index contributed by atoms with van der Waals surface area (Å²) >= 11 is 0. The molecule has 0 aromatic heterocycles. The van der Waals surface area contributed by atoms with Crippen LogP contribution in [-0.4, -0.2) is 15.8 Å². The second kappa shape index (κ2) is 3.13. The molecule has 0 aliphatic rings. The Kier molecular flexibility index (Phi) is 3.08. The van der Waals surface area contributed by atoms with Gasteiger partial charge in [-0.25, -0.2) is 0 Å². The average Bonchev–Trinajstić information content (AvgIpc) is 1.59. The largest absolute Gasteiger partial charge is 0.348 e. The van der Waals surface area contributed by atoms with E-state index in [-0.39, 0.29) is 6.04 Å². The minimum absolute atomic E-state index is 0.308. The summed E-state index contributed by atoms with van der Waals surface area (Å²) in [5.74, 6) is 0.803. The van der Waals surface area contributed by atoms with E-state index in [0.29, 0.717) is 0 Å². The van der Waals surface area contributed by atoms with Crippen molar-refractivity contribution in [1.82, 2.24) is 0 Å². The van der Waals surface area contributed by atoms with Crippen molar-refractivity contribution < 1.29 is 14.4 Å². The Balaban J connectivity index is 3.87. The van der Waals surface area contributed by atoms with Crippen molar-refractivity contribution in [1.29, 1.82) is 0 Å². The van der Waals surface area contributed by atoms with Crippen LogP contribution in [0.5, 0.6) is 0 Å². The molecule has 0 saturated heterocycles.